The highest BCUT2D eigenvalue weighted by Gasteiger charge is 2.22. The third kappa shape index (κ3) is 3.59. The van der Waals surface area contributed by atoms with Gasteiger partial charge in [-0.2, -0.15) is 0 Å². The molecule has 29 heavy (non-hydrogen) atoms. The van der Waals surface area contributed by atoms with Crippen molar-refractivity contribution in [2.45, 2.75) is 44.9 Å². The molecule has 1 fully saturated rings. The zero-order valence-corrected chi connectivity index (χ0v) is 16.7. The summed E-state index contributed by atoms with van der Waals surface area (Å²) in [5.74, 6) is -1.58. The summed E-state index contributed by atoms with van der Waals surface area (Å²) >= 11 is 0. The first-order chi connectivity index (χ1) is 14.0. The van der Waals surface area contributed by atoms with Crippen LogP contribution in [0.5, 0.6) is 0 Å². The highest BCUT2D eigenvalue weighted by molar-refractivity contribution is 5.90. The van der Waals surface area contributed by atoms with Gasteiger partial charge in [-0.3, -0.25) is 0 Å². The lowest BCUT2D eigenvalue weighted by molar-refractivity contribution is 0.319. The summed E-state index contributed by atoms with van der Waals surface area (Å²) in [7, 11) is 0. The lowest BCUT2D eigenvalue weighted by atomic mass is 9.77. The largest absolute Gasteiger partial charge is 0.206 e. The van der Waals surface area contributed by atoms with E-state index in [9.17, 15) is 13.2 Å². The number of hydrogen-bond acceptors (Lipinski definition) is 0. The maximum absolute atomic E-state index is 14.8. The molecule has 4 rings (SSSR count). The maximum atomic E-state index is 14.8. The van der Waals surface area contributed by atoms with Gasteiger partial charge in [-0.15, -0.1) is 0 Å². The Labute approximate surface area is 170 Å². The minimum absolute atomic E-state index is 0.155. The summed E-state index contributed by atoms with van der Waals surface area (Å²) in [6.45, 7) is 5.77. The Balaban J connectivity index is 1.68. The Morgan fingerprint density at radius 2 is 1.59 bits per heavy atom. The standard InChI is InChI=1S/C26H25F3/c1-3-16-5-7-18(8-6-16)19-10-12-20(13-11-19)22-15-21-14-9-17(4-2)24(27)23(21)26(29)25(22)28/h4,9-16,18H,2-3,5-8H2,1H3. The van der Waals surface area contributed by atoms with Crippen LogP contribution >= 0.6 is 0 Å². The van der Waals surface area contributed by atoms with Gasteiger partial charge < -0.3 is 0 Å². The third-order valence-corrected chi connectivity index (χ3v) is 6.49. The van der Waals surface area contributed by atoms with E-state index in [2.05, 4.69) is 13.5 Å². The van der Waals surface area contributed by atoms with Crippen LogP contribution in [-0.2, 0) is 0 Å². The van der Waals surface area contributed by atoms with Gasteiger partial charge in [0.05, 0.1) is 5.39 Å². The molecule has 0 unspecified atom stereocenters. The zero-order valence-electron chi connectivity index (χ0n) is 16.7. The number of halogens is 3. The molecule has 1 aliphatic carbocycles. The van der Waals surface area contributed by atoms with Gasteiger partial charge in [-0.1, -0.05) is 62.4 Å². The van der Waals surface area contributed by atoms with Crippen molar-refractivity contribution < 1.29 is 13.2 Å². The van der Waals surface area contributed by atoms with Gasteiger partial charge in [0.15, 0.2) is 11.6 Å². The summed E-state index contributed by atoms with van der Waals surface area (Å²) in [6, 6.07) is 12.4. The van der Waals surface area contributed by atoms with Crippen molar-refractivity contribution in [3.8, 4) is 11.1 Å². The predicted molar refractivity (Wildman–Crippen MR) is 114 cm³/mol. The van der Waals surface area contributed by atoms with E-state index in [1.165, 1.54) is 55.9 Å². The van der Waals surface area contributed by atoms with Crippen LogP contribution in [0.15, 0.2) is 49.0 Å². The van der Waals surface area contributed by atoms with E-state index in [0.717, 1.165) is 5.92 Å². The van der Waals surface area contributed by atoms with Crippen molar-refractivity contribution in [1.29, 1.82) is 0 Å². The van der Waals surface area contributed by atoms with Gasteiger partial charge in [-0.05, 0) is 60.1 Å². The highest BCUT2D eigenvalue weighted by Crippen LogP contribution is 2.38. The SMILES string of the molecule is C=Cc1ccc2cc(-c3ccc(C4CCC(CC)CC4)cc3)c(F)c(F)c2c1F. The monoisotopic (exact) mass is 394 g/mol. The van der Waals surface area contributed by atoms with E-state index in [4.69, 9.17) is 0 Å². The smallest absolute Gasteiger partial charge is 0.170 e. The second-order valence-corrected chi connectivity index (χ2v) is 8.07. The molecule has 3 heteroatoms. The van der Waals surface area contributed by atoms with E-state index in [-0.39, 0.29) is 16.5 Å². The molecule has 0 amide bonds. The molecular formula is C26H25F3. The summed E-state index contributed by atoms with van der Waals surface area (Å²) in [5, 5.41) is 0.0110. The lowest BCUT2D eigenvalue weighted by Crippen LogP contribution is -2.12. The Kier molecular flexibility index (Phi) is 5.49. The van der Waals surface area contributed by atoms with Crippen LogP contribution in [0.2, 0.25) is 0 Å². The average molecular weight is 394 g/mol. The van der Waals surface area contributed by atoms with E-state index >= 15 is 0 Å². The third-order valence-electron chi connectivity index (χ3n) is 6.49. The normalized spacial score (nSPS) is 19.4. The molecule has 0 bridgehead atoms. The van der Waals surface area contributed by atoms with Gasteiger partial charge in [0.25, 0.3) is 0 Å². The van der Waals surface area contributed by atoms with Crippen LogP contribution in [0, 0.1) is 23.4 Å². The first-order valence-corrected chi connectivity index (χ1v) is 10.4. The molecule has 0 spiro atoms. The summed E-state index contributed by atoms with van der Waals surface area (Å²) in [6.07, 6.45) is 7.42. The number of fused-ring (bicyclic) bond motifs is 1. The Bertz CT molecular complexity index is 1040. The fraction of sp³-hybridized carbons (Fsp3) is 0.308. The summed E-state index contributed by atoms with van der Waals surface area (Å²) < 4.78 is 44.0. The molecule has 3 aromatic rings. The fourth-order valence-corrected chi connectivity index (χ4v) is 4.60. The molecule has 0 aromatic heterocycles. The van der Waals surface area contributed by atoms with Crippen molar-refractivity contribution in [2.24, 2.45) is 5.92 Å². The highest BCUT2D eigenvalue weighted by atomic mass is 19.2. The molecule has 3 aromatic carbocycles. The maximum Gasteiger partial charge on any atom is 0.170 e. The van der Waals surface area contributed by atoms with E-state index in [1.807, 2.05) is 24.3 Å². The van der Waals surface area contributed by atoms with Crippen molar-refractivity contribution in [2.75, 3.05) is 0 Å². The minimum Gasteiger partial charge on any atom is -0.206 e. The lowest BCUT2D eigenvalue weighted by Gasteiger charge is -2.28. The molecule has 0 saturated heterocycles. The second-order valence-electron chi connectivity index (χ2n) is 8.07. The molecule has 0 aliphatic heterocycles. The Morgan fingerprint density at radius 1 is 0.897 bits per heavy atom. The fourth-order valence-electron chi connectivity index (χ4n) is 4.60. The first kappa shape index (κ1) is 19.8. The van der Waals surface area contributed by atoms with Crippen molar-refractivity contribution in [3.05, 3.63) is 77.6 Å². The molecule has 1 saturated carbocycles. The molecule has 0 heterocycles. The van der Waals surface area contributed by atoms with Crippen LogP contribution in [0.25, 0.3) is 28.0 Å². The molecule has 0 radical (unpaired) electrons. The van der Waals surface area contributed by atoms with Crippen molar-refractivity contribution in [1.82, 2.24) is 0 Å². The second kappa shape index (κ2) is 8.06. The van der Waals surface area contributed by atoms with Gasteiger partial charge in [0, 0.05) is 11.1 Å². The van der Waals surface area contributed by atoms with Gasteiger partial charge in [0.1, 0.15) is 5.82 Å². The zero-order chi connectivity index (χ0) is 20.5. The van der Waals surface area contributed by atoms with E-state index < -0.39 is 17.5 Å². The van der Waals surface area contributed by atoms with Gasteiger partial charge in [-0.25, -0.2) is 13.2 Å². The van der Waals surface area contributed by atoms with Crippen LogP contribution in [0.4, 0.5) is 13.2 Å². The molecule has 0 nitrogen and oxygen atoms in total. The quantitative estimate of drug-likeness (QED) is 0.418. The van der Waals surface area contributed by atoms with Crippen LogP contribution in [0.1, 0.15) is 56.1 Å². The molecular weight excluding hydrogens is 369 g/mol. The number of benzene rings is 3. The van der Waals surface area contributed by atoms with Gasteiger partial charge in [0.2, 0.25) is 0 Å². The predicted octanol–water partition coefficient (Wildman–Crippen LogP) is 8.25. The molecule has 150 valence electrons. The van der Waals surface area contributed by atoms with Gasteiger partial charge >= 0.3 is 0 Å². The minimum atomic E-state index is -1.15. The van der Waals surface area contributed by atoms with Crippen molar-refractivity contribution >= 4 is 16.8 Å². The van der Waals surface area contributed by atoms with Crippen LogP contribution in [-0.4, -0.2) is 0 Å². The number of hydrogen-bond donors (Lipinski definition) is 0. The Hall–Kier alpha value is -2.55. The summed E-state index contributed by atoms with van der Waals surface area (Å²) in [4.78, 5) is 0. The number of rotatable bonds is 4. The van der Waals surface area contributed by atoms with Crippen LogP contribution in [0.3, 0.4) is 0 Å². The molecule has 0 atom stereocenters. The topological polar surface area (TPSA) is 0 Å². The molecule has 0 N–H and O–H groups in total. The molecule has 1 aliphatic rings. The van der Waals surface area contributed by atoms with E-state index in [1.54, 1.807) is 6.07 Å². The summed E-state index contributed by atoms with van der Waals surface area (Å²) in [5.41, 5.74) is 2.17. The first-order valence-electron chi connectivity index (χ1n) is 10.4. The van der Waals surface area contributed by atoms with Crippen LogP contribution < -0.4 is 0 Å². The van der Waals surface area contributed by atoms with Crippen molar-refractivity contribution in [3.63, 3.8) is 0 Å². The Morgan fingerprint density at radius 3 is 2.21 bits per heavy atom. The van der Waals surface area contributed by atoms with E-state index in [0.29, 0.717) is 16.9 Å². The average Bonchev–Trinajstić information content (AvgIpc) is 2.76.